The van der Waals surface area contributed by atoms with Crippen molar-refractivity contribution in [3.05, 3.63) is 59.9 Å². The van der Waals surface area contributed by atoms with E-state index in [2.05, 4.69) is 37.3 Å². The van der Waals surface area contributed by atoms with Crippen LogP contribution in [0.25, 0.3) is 10.8 Å². The Morgan fingerprint density at radius 2 is 1.80 bits per heavy atom. The number of fused-ring (bicyclic) bond motifs is 1. The lowest BCUT2D eigenvalue weighted by atomic mass is 10.1. The second kappa shape index (κ2) is 5.73. The van der Waals surface area contributed by atoms with Gasteiger partial charge in [0.25, 0.3) is 5.91 Å². The number of nitrogens with zero attached hydrogens (tertiary/aromatic N) is 2. The van der Waals surface area contributed by atoms with E-state index in [0.29, 0.717) is 11.6 Å². The largest absolute Gasteiger partial charge is 0.321 e. The van der Waals surface area contributed by atoms with Gasteiger partial charge in [0.1, 0.15) is 0 Å². The molecule has 1 fully saturated rings. The minimum absolute atomic E-state index is 0.126. The van der Waals surface area contributed by atoms with E-state index in [1.807, 2.05) is 47.1 Å². The first kappa shape index (κ1) is 15.9. The molecule has 1 amide bonds. The number of carbonyl (C=O) groups excluding carboxylic acids is 1. The molecular formula is C21H23N3O. The number of carbonyl (C=O) groups is 1. The van der Waals surface area contributed by atoms with Crippen LogP contribution in [-0.4, -0.2) is 15.7 Å². The molecule has 1 aliphatic carbocycles. The second-order valence-corrected chi connectivity index (χ2v) is 7.83. The Kier molecular flexibility index (Phi) is 3.64. The number of aromatic nitrogens is 2. The van der Waals surface area contributed by atoms with Gasteiger partial charge in [-0.15, -0.1) is 0 Å². The summed E-state index contributed by atoms with van der Waals surface area (Å²) >= 11 is 0. The van der Waals surface area contributed by atoms with Crippen LogP contribution in [-0.2, 0) is 5.54 Å². The molecule has 0 atom stereocenters. The molecule has 0 unspecified atom stereocenters. The standard InChI is InChI=1S/C21H23N3O/c1-21(2,3)24-19(15-8-9-15)13-18(23-24)20(25)22-17-11-10-14-6-4-5-7-16(14)12-17/h4-7,10-13,15H,8-9H2,1-3H3,(H,22,25). The summed E-state index contributed by atoms with van der Waals surface area (Å²) in [4.78, 5) is 12.7. The van der Waals surface area contributed by atoms with E-state index >= 15 is 0 Å². The van der Waals surface area contributed by atoms with Gasteiger partial charge in [-0.25, -0.2) is 0 Å². The lowest BCUT2D eigenvalue weighted by Crippen LogP contribution is -2.25. The molecule has 4 rings (SSSR count). The van der Waals surface area contributed by atoms with E-state index in [4.69, 9.17) is 0 Å². The smallest absolute Gasteiger partial charge is 0.276 e. The van der Waals surface area contributed by atoms with E-state index in [9.17, 15) is 4.79 Å². The minimum Gasteiger partial charge on any atom is -0.321 e. The van der Waals surface area contributed by atoms with Gasteiger partial charge in [-0.1, -0.05) is 30.3 Å². The second-order valence-electron chi connectivity index (χ2n) is 7.83. The number of nitrogens with one attached hydrogen (secondary N) is 1. The van der Waals surface area contributed by atoms with Gasteiger partial charge in [0, 0.05) is 17.3 Å². The summed E-state index contributed by atoms with van der Waals surface area (Å²) in [5.74, 6) is 0.397. The van der Waals surface area contributed by atoms with E-state index in [1.54, 1.807) is 0 Å². The number of rotatable bonds is 3. The Labute approximate surface area is 147 Å². The maximum absolute atomic E-state index is 12.7. The van der Waals surface area contributed by atoms with Gasteiger partial charge < -0.3 is 5.32 Å². The first-order valence-electron chi connectivity index (χ1n) is 8.82. The van der Waals surface area contributed by atoms with Crippen LogP contribution >= 0.6 is 0 Å². The minimum atomic E-state index is -0.153. The fourth-order valence-electron chi connectivity index (χ4n) is 3.18. The molecule has 1 N–H and O–H groups in total. The molecule has 128 valence electrons. The van der Waals surface area contributed by atoms with E-state index in [-0.39, 0.29) is 11.4 Å². The van der Waals surface area contributed by atoms with Crippen molar-refractivity contribution in [2.75, 3.05) is 5.32 Å². The Bertz CT molecular complexity index is 945. The maximum Gasteiger partial charge on any atom is 0.276 e. The molecule has 4 heteroatoms. The summed E-state index contributed by atoms with van der Waals surface area (Å²) in [5.41, 5.74) is 2.34. The van der Waals surface area contributed by atoms with Crippen LogP contribution in [0.3, 0.4) is 0 Å². The molecule has 0 spiro atoms. The van der Waals surface area contributed by atoms with Gasteiger partial charge in [-0.3, -0.25) is 9.48 Å². The SMILES string of the molecule is CC(C)(C)n1nc(C(=O)Nc2ccc3ccccc3c2)cc1C1CC1. The quantitative estimate of drug-likeness (QED) is 0.739. The predicted molar refractivity (Wildman–Crippen MR) is 101 cm³/mol. The van der Waals surface area contributed by atoms with Crippen LogP contribution in [0.4, 0.5) is 5.69 Å². The van der Waals surface area contributed by atoms with Gasteiger partial charge >= 0.3 is 0 Å². The average molecular weight is 333 g/mol. The van der Waals surface area contributed by atoms with Crippen molar-refractivity contribution in [2.24, 2.45) is 0 Å². The van der Waals surface area contributed by atoms with Gasteiger partial charge in [-0.2, -0.15) is 5.10 Å². The van der Waals surface area contributed by atoms with Crippen molar-refractivity contribution in [3.63, 3.8) is 0 Å². The van der Waals surface area contributed by atoms with E-state index in [0.717, 1.165) is 16.5 Å². The normalized spacial score (nSPS) is 14.7. The summed E-state index contributed by atoms with van der Waals surface area (Å²) in [6, 6.07) is 16.0. The number of anilines is 1. The predicted octanol–water partition coefficient (Wildman–Crippen LogP) is 4.92. The van der Waals surface area contributed by atoms with Gasteiger partial charge in [0.15, 0.2) is 5.69 Å². The van der Waals surface area contributed by atoms with Crippen molar-refractivity contribution in [3.8, 4) is 0 Å². The zero-order chi connectivity index (χ0) is 17.6. The summed E-state index contributed by atoms with van der Waals surface area (Å²) < 4.78 is 2.01. The molecular weight excluding hydrogens is 310 g/mol. The highest BCUT2D eigenvalue weighted by molar-refractivity contribution is 6.04. The third-order valence-corrected chi connectivity index (χ3v) is 4.61. The molecule has 25 heavy (non-hydrogen) atoms. The molecule has 4 nitrogen and oxygen atoms in total. The lowest BCUT2D eigenvalue weighted by molar-refractivity contribution is 0.102. The maximum atomic E-state index is 12.7. The van der Waals surface area contributed by atoms with Crippen molar-refractivity contribution >= 4 is 22.4 Å². The molecule has 1 heterocycles. The van der Waals surface area contributed by atoms with Crippen LogP contribution in [0, 0.1) is 0 Å². The van der Waals surface area contributed by atoms with Crippen LogP contribution in [0.1, 0.15) is 55.7 Å². The summed E-state index contributed by atoms with van der Waals surface area (Å²) in [5, 5.41) is 9.86. The Morgan fingerprint density at radius 3 is 2.48 bits per heavy atom. The highest BCUT2D eigenvalue weighted by Gasteiger charge is 2.32. The van der Waals surface area contributed by atoms with E-state index < -0.39 is 0 Å². The molecule has 1 aromatic heterocycles. The molecule has 1 aliphatic rings. The number of hydrogen-bond donors (Lipinski definition) is 1. The van der Waals surface area contributed by atoms with Crippen molar-refractivity contribution in [1.82, 2.24) is 9.78 Å². The number of benzene rings is 2. The van der Waals surface area contributed by atoms with Crippen LogP contribution in [0.15, 0.2) is 48.5 Å². The third kappa shape index (κ3) is 3.16. The fraction of sp³-hybridized carbons (Fsp3) is 0.333. The van der Waals surface area contributed by atoms with Crippen molar-refractivity contribution < 1.29 is 4.79 Å². The first-order chi connectivity index (χ1) is 11.9. The topological polar surface area (TPSA) is 46.9 Å². The zero-order valence-corrected chi connectivity index (χ0v) is 14.9. The molecule has 0 bridgehead atoms. The van der Waals surface area contributed by atoms with Crippen LogP contribution in [0.5, 0.6) is 0 Å². The van der Waals surface area contributed by atoms with E-state index in [1.165, 1.54) is 18.5 Å². The fourth-order valence-corrected chi connectivity index (χ4v) is 3.18. The lowest BCUT2D eigenvalue weighted by Gasteiger charge is -2.22. The van der Waals surface area contributed by atoms with Crippen molar-refractivity contribution in [2.45, 2.75) is 45.1 Å². The summed E-state index contributed by atoms with van der Waals surface area (Å²) in [6.07, 6.45) is 2.38. The van der Waals surface area contributed by atoms with Crippen LogP contribution in [0.2, 0.25) is 0 Å². The zero-order valence-electron chi connectivity index (χ0n) is 14.9. The molecule has 0 saturated heterocycles. The van der Waals surface area contributed by atoms with Gasteiger partial charge in [0.2, 0.25) is 0 Å². The molecule has 1 saturated carbocycles. The molecule has 0 radical (unpaired) electrons. The highest BCUT2D eigenvalue weighted by atomic mass is 16.2. The molecule has 0 aliphatic heterocycles. The van der Waals surface area contributed by atoms with Gasteiger partial charge in [-0.05, 0) is 62.6 Å². The third-order valence-electron chi connectivity index (χ3n) is 4.61. The summed E-state index contributed by atoms with van der Waals surface area (Å²) in [6.45, 7) is 6.37. The monoisotopic (exact) mass is 333 g/mol. The van der Waals surface area contributed by atoms with Crippen LogP contribution < -0.4 is 5.32 Å². The number of amides is 1. The average Bonchev–Trinajstić information content (AvgIpc) is 3.31. The molecule has 3 aromatic rings. The Balaban J connectivity index is 1.62. The van der Waals surface area contributed by atoms with Gasteiger partial charge in [0.05, 0.1) is 5.54 Å². The Morgan fingerprint density at radius 1 is 1.08 bits per heavy atom. The first-order valence-corrected chi connectivity index (χ1v) is 8.82. The highest BCUT2D eigenvalue weighted by Crippen LogP contribution is 2.41. The van der Waals surface area contributed by atoms with Crippen molar-refractivity contribution in [1.29, 1.82) is 0 Å². The summed E-state index contributed by atoms with van der Waals surface area (Å²) in [7, 11) is 0. The number of hydrogen-bond acceptors (Lipinski definition) is 2. The molecule has 2 aromatic carbocycles. The Hall–Kier alpha value is -2.62.